The fourth-order valence-corrected chi connectivity index (χ4v) is 4.46. The van der Waals surface area contributed by atoms with Crippen LogP contribution in [0.4, 0.5) is 9.59 Å². The Morgan fingerprint density at radius 1 is 1.15 bits per heavy atom. The summed E-state index contributed by atoms with van der Waals surface area (Å²) in [7, 11) is 0. The Labute approximate surface area is 202 Å². The van der Waals surface area contributed by atoms with Crippen molar-refractivity contribution in [2.75, 3.05) is 45.9 Å². The predicted molar refractivity (Wildman–Crippen MR) is 130 cm³/mol. The maximum atomic E-state index is 13.2. The highest BCUT2D eigenvalue weighted by Crippen LogP contribution is 2.33. The quantitative estimate of drug-likeness (QED) is 0.597. The molecule has 1 saturated heterocycles. The molecule has 2 N–H and O–H groups in total. The molecular weight excluding hydrogens is 434 g/mol. The van der Waals surface area contributed by atoms with Crippen LogP contribution in [0.15, 0.2) is 35.5 Å². The molecule has 9 heteroatoms. The normalized spacial score (nSPS) is 19.4. The van der Waals surface area contributed by atoms with Gasteiger partial charge in [0.1, 0.15) is 0 Å². The van der Waals surface area contributed by atoms with E-state index in [1.807, 2.05) is 52.0 Å². The van der Waals surface area contributed by atoms with E-state index in [0.29, 0.717) is 50.5 Å². The monoisotopic (exact) mass is 471 g/mol. The van der Waals surface area contributed by atoms with E-state index in [4.69, 9.17) is 4.74 Å². The van der Waals surface area contributed by atoms with Gasteiger partial charge in [0.25, 0.3) is 0 Å². The molecule has 0 bridgehead atoms. The molecule has 4 amide bonds. The molecule has 1 fully saturated rings. The molecule has 186 valence electrons. The first-order valence-corrected chi connectivity index (χ1v) is 12.1. The van der Waals surface area contributed by atoms with Gasteiger partial charge in [-0.2, -0.15) is 0 Å². The van der Waals surface area contributed by atoms with Crippen LogP contribution in [0.3, 0.4) is 0 Å². The van der Waals surface area contributed by atoms with Crippen molar-refractivity contribution >= 4 is 18.0 Å². The molecule has 9 nitrogen and oxygen atoms in total. The lowest BCUT2D eigenvalue weighted by Crippen LogP contribution is -2.55. The molecule has 2 heterocycles. The number of aryl methyl sites for hydroxylation is 1. The van der Waals surface area contributed by atoms with Crippen LogP contribution in [0, 0.1) is 6.92 Å². The zero-order valence-corrected chi connectivity index (χ0v) is 20.9. The maximum absolute atomic E-state index is 13.2. The molecule has 0 radical (unpaired) electrons. The number of carbonyl (C=O) groups excluding carboxylic acids is 3. The molecule has 0 saturated carbocycles. The average molecular weight is 472 g/mol. The van der Waals surface area contributed by atoms with Gasteiger partial charge in [0.05, 0.1) is 18.2 Å². The second kappa shape index (κ2) is 11.4. The third-order valence-corrected chi connectivity index (χ3v) is 6.19. The second-order valence-electron chi connectivity index (χ2n) is 8.93. The Morgan fingerprint density at radius 2 is 1.82 bits per heavy atom. The van der Waals surface area contributed by atoms with Gasteiger partial charge in [-0.25, -0.2) is 14.4 Å². The number of benzene rings is 1. The lowest BCUT2D eigenvalue weighted by atomic mass is 9.91. The van der Waals surface area contributed by atoms with E-state index in [2.05, 4.69) is 15.5 Å². The molecule has 1 aromatic carbocycles. The highest BCUT2D eigenvalue weighted by molar-refractivity contribution is 5.95. The first-order chi connectivity index (χ1) is 16.3. The van der Waals surface area contributed by atoms with E-state index in [0.717, 1.165) is 11.1 Å². The lowest BCUT2D eigenvalue weighted by molar-refractivity contribution is -0.139. The van der Waals surface area contributed by atoms with Crippen LogP contribution < -0.4 is 10.6 Å². The number of nitrogens with zero attached hydrogens (tertiary/aromatic N) is 3. The standard InChI is InChI=1S/C25H37N5O4/c1-6-30-20(16-28-12-14-29(15-13-28)24(32)26-17(3)4)21(23(31)34-7-2)22(27-25(30)33)19-11-9-8-10-18(19)5/h8-11,17,22H,6-7,12-16H2,1-5H3,(H,26,32)(H,27,33). The van der Waals surface area contributed by atoms with E-state index >= 15 is 0 Å². The third kappa shape index (κ3) is 5.70. The number of piperazine rings is 1. The first-order valence-electron chi connectivity index (χ1n) is 12.1. The largest absolute Gasteiger partial charge is 0.463 e. The smallest absolute Gasteiger partial charge is 0.338 e. The predicted octanol–water partition coefficient (Wildman–Crippen LogP) is 2.63. The van der Waals surface area contributed by atoms with Gasteiger partial charge in [-0.05, 0) is 45.7 Å². The van der Waals surface area contributed by atoms with E-state index in [1.54, 1.807) is 16.7 Å². The van der Waals surface area contributed by atoms with Crippen molar-refractivity contribution in [1.82, 2.24) is 25.3 Å². The molecule has 0 spiro atoms. The SMILES string of the molecule is CCOC(=O)C1=C(CN2CCN(C(=O)NC(C)C)CC2)N(CC)C(=O)NC1c1ccccc1C. The average Bonchev–Trinajstić information content (AvgIpc) is 2.79. The molecular formula is C25H37N5O4. The van der Waals surface area contributed by atoms with Crippen molar-refractivity contribution in [3.8, 4) is 0 Å². The summed E-state index contributed by atoms with van der Waals surface area (Å²) in [5.74, 6) is -0.417. The molecule has 1 aromatic rings. The first kappa shape index (κ1) is 25.6. The summed E-state index contributed by atoms with van der Waals surface area (Å²) in [6.45, 7) is 13.1. The van der Waals surface area contributed by atoms with Gasteiger partial charge < -0.3 is 20.3 Å². The molecule has 3 rings (SSSR count). The Morgan fingerprint density at radius 3 is 2.41 bits per heavy atom. The fourth-order valence-electron chi connectivity index (χ4n) is 4.46. The van der Waals surface area contributed by atoms with Crippen LogP contribution in [0.2, 0.25) is 0 Å². The zero-order valence-electron chi connectivity index (χ0n) is 20.9. The van der Waals surface area contributed by atoms with Gasteiger partial charge in [-0.1, -0.05) is 24.3 Å². The number of ether oxygens (including phenoxy) is 1. The summed E-state index contributed by atoms with van der Waals surface area (Å²) in [4.78, 5) is 44.3. The van der Waals surface area contributed by atoms with Gasteiger partial charge in [0.2, 0.25) is 0 Å². The Bertz CT molecular complexity index is 937. The maximum Gasteiger partial charge on any atom is 0.338 e. The molecule has 0 aliphatic carbocycles. The molecule has 34 heavy (non-hydrogen) atoms. The summed E-state index contributed by atoms with van der Waals surface area (Å²) in [5, 5.41) is 5.95. The van der Waals surface area contributed by atoms with Crippen LogP contribution >= 0.6 is 0 Å². The van der Waals surface area contributed by atoms with Gasteiger partial charge in [-0.3, -0.25) is 9.80 Å². The molecule has 0 aromatic heterocycles. The number of rotatable bonds is 7. The molecule has 1 atom stereocenters. The van der Waals surface area contributed by atoms with Crippen molar-refractivity contribution in [1.29, 1.82) is 0 Å². The number of amides is 4. The minimum absolute atomic E-state index is 0.0621. The van der Waals surface area contributed by atoms with Crippen molar-refractivity contribution < 1.29 is 19.1 Å². The molecule has 1 unspecified atom stereocenters. The number of esters is 1. The summed E-state index contributed by atoms with van der Waals surface area (Å²) >= 11 is 0. The van der Waals surface area contributed by atoms with Crippen molar-refractivity contribution in [2.45, 2.75) is 46.7 Å². The Kier molecular flexibility index (Phi) is 8.55. The second-order valence-corrected chi connectivity index (χ2v) is 8.93. The number of carbonyl (C=O) groups is 3. The van der Waals surface area contributed by atoms with Crippen LogP contribution in [-0.4, -0.2) is 84.6 Å². The number of likely N-dealkylation sites (N-methyl/N-ethyl adjacent to an activating group) is 1. The van der Waals surface area contributed by atoms with Crippen LogP contribution in [0.5, 0.6) is 0 Å². The Hall–Kier alpha value is -3.07. The van der Waals surface area contributed by atoms with Crippen molar-refractivity contribution in [2.24, 2.45) is 0 Å². The lowest BCUT2D eigenvalue weighted by Gasteiger charge is -2.40. The van der Waals surface area contributed by atoms with Crippen LogP contribution in [0.25, 0.3) is 0 Å². The minimum Gasteiger partial charge on any atom is -0.463 e. The summed E-state index contributed by atoms with van der Waals surface area (Å²) in [6.07, 6.45) is 0. The molecule has 2 aliphatic rings. The van der Waals surface area contributed by atoms with E-state index < -0.39 is 12.0 Å². The van der Waals surface area contributed by atoms with E-state index in [1.165, 1.54) is 0 Å². The number of nitrogens with one attached hydrogen (secondary N) is 2. The third-order valence-electron chi connectivity index (χ3n) is 6.19. The highest BCUT2D eigenvalue weighted by Gasteiger charge is 2.39. The minimum atomic E-state index is -0.580. The van der Waals surface area contributed by atoms with Crippen molar-refractivity contribution in [3.05, 3.63) is 46.7 Å². The van der Waals surface area contributed by atoms with E-state index in [9.17, 15) is 14.4 Å². The van der Waals surface area contributed by atoms with Crippen LogP contribution in [-0.2, 0) is 9.53 Å². The topological polar surface area (TPSA) is 94.2 Å². The van der Waals surface area contributed by atoms with Gasteiger partial charge in [-0.15, -0.1) is 0 Å². The summed E-state index contributed by atoms with van der Waals surface area (Å²) in [6, 6.07) is 6.96. The Balaban J connectivity index is 1.92. The van der Waals surface area contributed by atoms with Gasteiger partial charge in [0, 0.05) is 51.0 Å². The van der Waals surface area contributed by atoms with Crippen molar-refractivity contribution in [3.63, 3.8) is 0 Å². The van der Waals surface area contributed by atoms with Crippen LogP contribution in [0.1, 0.15) is 44.9 Å². The zero-order chi connectivity index (χ0) is 24.8. The number of urea groups is 2. The highest BCUT2D eigenvalue weighted by atomic mass is 16.5. The number of hydrogen-bond donors (Lipinski definition) is 2. The number of hydrogen-bond acceptors (Lipinski definition) is 5. The van der Waals surface area contributed by atoms with E-state index in [-0.39, 0.29) is 24.7 Å². The fraction of sp³-hybridized carbons (Fsp3) is 0.560. The summed E-state index contributed by atoms with van der Waals surface area (Å²) < 4.78 is 5.45. The molecule has 2 aliphatic heterocycles. The summed E-state index contributed by atoms with van der Waals surface area (Å²) in [5.41, 5.74) is 3.00. The van der Waals surface area contributed by atoms with Gasteiger partial charge in [0.15, 0.2) is 0 Å². The van der Waals surface area contributed by atoms with Gasteiger partial charge >= 0.3 is 18.0 Å².